The topological polar surface area (TPSA) is 46.5 Å². The Morgan fingerprint density at radius 1 is 1.50 bits per heavy atom. The number of fused-ring (bicyclic) bond motifs is 1. The first-order valence-corrected chi connectivity index (χ1v) is 5.63. The number of aliphatic hydroxyl groups is 1. The third kappa shape index (κ3) is 1.90. The van der Waals surface area contributed by atoms with Crippen molar-refractivity contribution >= 4 is 27.8 Å². The van der Waals surface area contributed by atoms with Crippen LogP contribution < -0.4 is 4.74 Å². The third-order valence-corrected chi connectivity index (χ3v) is 2.95. The molecule has 1 aliphatic heterocycles. The van der Waals surface area contributed by atoms with Gasteiger partial charge in [0.2, 0.25) is 5.79 Å². The third-order valence-electron chi connectivity index (χ3n) is 2.46. The van der Waals surface area contributed by atoms with Crippen LogP contribution in [0, 0.1) is 0 Å². The number of hydrogen-bond donors (Lipinski definition) is 1. The maximum Gasteiger partial charge on any atom is 0.235 e. The summed E-state index contributed by atoms with van der Waals surface area (Å²) in [5, 5.41) is 10.00. The summed E-state index contributed by atoms with van der Waals surface area (Å²) >= 11 is 3.34. The van der Waals surface area contributed by atoms with Crippen LogP contribution in [0.2, 0.25) is 0 Å². The standard InChI is InChI=1S/C12H11BrO3/c1-7(14)10-6-8-5-9(13)3-4-11(8)16-12(10,2)15/h3-6,15H,1-2H3. The first kappa shape index (κ1) is 11.4. The van der Waals surface area contributed by atoms with Crippen molar-refractivity contribution in [3.8, 4) is 5.75 Å². The molecular formula is C12H11BrO3. The second-order valence-corrected chi connectivity index (χ2v) is 4.80. The van der Waals surface area contributed by atoms with Gasteiger partial charge < -0.3 is 9.84 Å². The molecule has 1 aromatic rings. The fraction of sp³-hybridized carbons (Fsp3) is 0.250. The molecule has 4 heteroatoms. The van der Waals surface area contributed by atoms with E-state index in [2.05, 4.69) is 15.9 Å². The molecule has 1 atom stereocenters. The van der Waals surface area contributed by atoms with Crippen LogP contribution in [0.3, 0.4) is 0 Å². The lowest BCUT2D eigenvalue weighted by Crippen LogP contribution is -2.39. The van der Waals surface area contributed by atoms with Gasteiger partial charge in [-0.3, -0.25) is 4.79 Å². The van der Waals surface area contributed by atoms with Crippen LogP contribution in [0.25, 0.3) is 6.08 Å². The number of carbonyl (C=O) groups excluding carboxylic acids is 1. The number of rotatable bonds is 1. The first-order valence-electron chi connectivity index (χ1n) is 4.84. The van der Waals surface area contributed by atoms with E-state index in [9.17, 15) is 9.90 Å². The van der Waals surface area contributed by atoms with E-state index in [1.807, 2.05) is 12.1 Å². The number of benzene rings is 1. The van der Waals surface area contributed by atoms with Gasteiger partial charge in [-0.1, -0.05) is 15.9 Å². The molecule has 3 nitrogen and oxygen atoms in total. The van der Waals surface area contributed by atoms with E-state index >= 15 is 0 Å². The molecule has 0 bridgehead atoms. The molecular weight excluding hydrogens is 272 g/mol. The average Bonchev–Trinajstić information content (AvgIpc) is 2.16. The molecule has 0 amide bonds. The summed E-state index contributed by atoms with van der Waals surface area (Å²) in [5.41, 5.74) is 1.05. The minimum atomic E-state index is -1.55. The molecule has 0 fully saturated rings. The van der Waals surface area contributed by atoms with E-state index in [4.69, 9.17) is 4.74 Å². The molecule has 1 aliphatic rings. The molecule has 1 unspecified atom stereocenters. The maximum absolute atomic E-state index is 11.4. The van der Waals surface area contributed by atoms with Crippen molar-refractivity contribution in [2.24, 2.45) is 0 Å². The largest absolute Gasteiger partial charge is 0.458 e. The minimum absolute atomic E-state index is 0.198. The highest BCUT2D eigenvalue weighted by atomic mass is 79.9. The zero-order valence-electron chi connectivity index (χ0n) is 8.95. The molecule has 1 N–H and O–H groups in total. The molecule has 1 heterocycles. The summed E-state index contributed by atoms with van der Waals surface area (Å²) < 4.78 is 6.29. The summed E-state index contributed by atoms with van der Waals surface area (Å²) in [6.07, 6.45) is 1.66. The van der Waals surface area contributed by atoms with Crippen LogP contribution >= 0.6 is 15.9 Å². The number of halogens is 1. The van der Waals surface area contributed by atoms with Crippen LogP contribution in [0.1, 0.15) is 19.4 Å². The predicted molar refractivity (Wildman–Crippen MR) is 64.1 cm³/mol. The molecule has 16 heavy (non-hydrogen) atoms. The summed E-state index contributed by atoms with van der Waals surface area (Å²) in [4.78, 5) is 11.4. The Labute approximate surface area is 102 Å². The van der Waals surface area contributed by atoms with Crippen molar-refractivity contribution < 1.29 is 14.6 Å². The molecule has 0 aromatic heterocycles. The van der Waals surface area contributed by atoms with Crippen molar-refractivity contribution in [2.45, 2.75) is 19.6 Å². The van der Waals surface area contributed by atoms with E-state index in [1.165, 1.54) is 13.8 Å². The van der Waals surface area contributed by atoms with E-state index in [0.717, 1.165) is 10.0 Å². The quantitative estimate of drug-likeness (QED) is 0.861. The second kappa shape index (κ2) is 3.71. The average molecular weight is 283 g/mol. The number of ketones is 1. The van der Waals surface area contributed by atoms with E-state index in [0.29, 0.717) is 5.75 Å². The molecule has 84 valence electrons. The monoisotopic (exact) mass is 282 g/mol. The zero-order valence-corrected chi connectivity index (χ0v) is 10.5. The summed E-state index contributed by atoms with van der Waals surface area (Å²) in [6, 6.07) is 5.41. The Bertz CT molecular complexity index is 489. The normalized spacial score (nSPS) is 23.1. The fourth-order valence-corrected chi connectivity index (χ4v) is 2.09. The van der Waals surface area contributed by atoms with Crippen molar-refractivity contribution in [1.82, 2.24) is 0 Å². The molecule has 0 spiro atoms. The van der Waals surface area contributed by atoms with Crippen molar-refractivity contribution in [1.29, 1.82) is 0 Å². The number of ether oxygens (including phenoxy) is 1. The van der Waals surface area contributed by atoms with Gasteiger partial charge in [-0.15, -0.1) is 0 Å². The van der Waals surface area contributed by atoms with Gasteiger partial charge >= 0.3 is 0 Å². The molecule has 2 rings (SSSR count). The minimum Gasteiger partial charge on any atom is -0.458 e. The van der Waals surface area contributed by atoms with Gasteiger partial charge in [0.05, 0.1) is 5.57 Å². The Hall–Kier alpha value is -1.13. The van der Waals surface area contributed by atoms with Crippen LogP contribution in [0.4, 0.5) is 0 Å². The van der Waals surface area contributed by atoms with Gasteiger partial charge in [0.1, 0.15) is 5.75 Å². The van der Waals surface area contributed by atoms with Gasteiger partial charge in [0.25, 0.3) is 0 Å². The van der Waals surface area contributed by atoms with Gasteiger partial charge in [0, 0.05) is 17.0 Å². The molecule has 0 radical (unpaired) electrons. The number of hydrogen-bond acceptors (Lipinski definition) is 3. The Morgan fingerprint density at radius 3 is 2.81 bits per heavy atom. The second-order valence-electron chi connectivity index (χ2n) is 3.88. The Kier molecular flexibility index (Phi) is 2.64. The lowest BCUT2D eigenvalue weighted by molar-refractivity contribution is -0.125. The van der Waals surface area contributed by atoms with Gasteiger partial charge in [-0.25, -0.2) is 0 Å². The summed E-state index contributed by atoms with van der Waals surface area (Å²) in [6.45, 7) is 2.87. The van der Waals surface area contributed by atoms with E-state index in [-0.39, 0.29) is 11.4 Å². The Morgan fingerprint density at radius 2 is 2.19 bits per heavy atom. The van der Waals surface area contributed by atoms with Crippen LogP contribution in [0.5, 0.6) is 5.75 Å². The maximum atomic E-state index is 11.4. The SMILES string of the molecule is CC(=O)C1=Cc2cc(Br)ccc2OC1(C)O. The lowest BCUT2D eigenvalue weighted by atomic mass is 9.97. The van der Waals surface area contributed by atoms with Crippen molar-refractivity contribution in [3.05, 3.63) is 33.8 Å². The van der Waals surface area contributed by atoms with Crippen molar-refractivity contribution in [2.75, 3.05) is 0 Å². The first-order chi connectivity index (χ1) is 7.40. The molecule has 1 aromatic carbocycles. The van der Waals surface area contributed by atoms with Crippen LogP contribution in [0.15, 0.2) is 28.2 Å². The lowest BCUT2D eigenvalue weighted by Gasteiger charge is -2.31. The van der Waals surface area contributed by atoms with Crippen LogP contribution in [-0.2, 0) is 4.79 Å². The molecule has 0 saturated heterocycles. The predicted octanol–water partition coefficient (Wildman–Crippen LogP) is 2.52. The fourth-order valence-electron chi connectivity index (χ4n) is 1.71. The van der Waals surface area contributed by atoms with E-state index < -0.39 is 5.79 Å². The van der Waals surface area contributed by atoms with Gasteiger partial charge in [0.15, 0.2) is 5.78 Å². The highest BCUT2D eigenvalue weighted by Crippen LogP contribution is 2.35. The van der Waals surface area contributed by atoms with Crippen LogP contribution in [-0.4, -0.2) is 16.7 Å². The summed E-state index contributed by atoms with van der Waals surface area (Å²) in [7, 11) is 0. The number of carbonyl (C=O) groups is 1. The highest BCUT2D eigenvalue weighted by molar-refractivity contribution is 9.10. The van der Waals surface area contributed by atoms with Gasteiger partial charge in [-0.2, -0.15) is 0 Å². The highest BCUT2D eigenvalue weighted by Gasteiger charge is 2.35. The molecule has 0 aliphatic carbocycles. The van der Waals surface area contributed by atoms with Gasteiger partial charge in [-0.05, 0) is 31.2 Å². The number of Topliss-reactive ketones (excluding diaryl/α,β-unsaturated/α-hetero) is 1. The zero-order chi connectivity index (χ0) is 11.9. The smallest absolute Gasteiger partial charge is 0.235 e. The Balaban J connectivity index is 2.58. The van der Waals surface area contributed by atoms with E-state index in [1.54, 1.807) is 12.1 Å². The summed E-state index contributed by atoms with van der Waals surface area (Å²) in [5.74, 6) is -1.18. The van der Waals surface area contributed by atoms with Crippen molar-refractivity contribution in [3.63, 3.8) is 0 Å². The molecule has 0 saturated carbocycles.